The Hall–Kier alpha value is -2.17. The van der Waals surface area contributed by atoms with E-state index in [1.807, 2.05) is 20.8 Å². The quantitative estimate of drug-likeness (QED) is 0.744. The second-order valence-electron chi connectivity index (χ2n) is 7.30. The minimum absolute atomic E-state index is 0.0667. The van der Waals surface area contributed by atoms with E-state index in [-0.39, 0.29) is 23.2 Å². The number of nitrogens with zero attached hydrogens (tertiary/aromatic N) is 2. The van der Waals surface area contributed by atoms with Crippen molar-refractivity contribution >= 4 is 11.6 Å². The molecule has 4 nitrogen and oxygen atoms in total. The number of carbonyl (C=O) groups is 1. The Balaban J connectivity index is 1.96. The number of carbonyl (C=O) groups excluding carboxylic acids is 1. The SMILES string of the molecule is C=CCN(C[C@H]1CC(c2ccc(F)cc2)=NO1)C(=O)CC(C)(C)C. The average Bonchev–Trinajstić information content (AvgIpc) is 2.94. The molecule has 1 aliphatic heterocycles. The molecule has 0 saturated carbocycles. The van der Waals surface area contributed by atoms with Crippen LogP contribution in [0, 0.1) is 11.2 Å². The van der Waals surface area contributed by atoms with Crippen LogP contribution in [0.4, 0.5) is 4.39 Å². The van der Waals surface area contributed by atoms with Crippen LogP contribution < -0.4 is 0 Å². The van der Waals surface area contributed by atoms with Crippen molar-refractivity contribution in [3.63, 3.8) is 0 Å². The van der Waals surface area contributed by atoms with Crippen LogP contribution in [0.1, 0.15) is 39.2 Å². The first-order chi connectivity index (χ1) is 11.3. The number of benzene rings is 1. The minimum Gasteiger partial charge on any atom is -0.390 e. The molecule has 1 aromatic carbocycles. The largest absolute Gasteiger partial charge is 0.390 e. The van der Waals surface area contributed by atoms with E-state index in [2.05, 4.69) is 11.7 Å². The highest BCUT2D eigenvalue weighted by molar-refractivity contribution is 6.01. The Labute approximate surface area is 143 Å². The molecule has 1 aliphatic rings. The van der Waals surface area contributed by atoms with Gasteiger partial charge in [0.25, 0.3) is 0 Å². The van der Waals surface area contributed by atoms with E-state index in [0.717, 1.165) is 11.3 Å². The third-order valence-corrected chi connectivity index (χ3v) is 3.72. The fraction of sp³-hybridized carbons (Fsp3) is 0.474. The van der Waals surface area contributed by atoms with Crippen molar-refractivity contribution in [3.8, 4) is 0 Å². The van der Waals surface area contributed by atoms with Crippen LogP contribution in [-0.4, -0.2) is 35.7 Å². The number of amides is 1. The van der Waals surface area contributed by atoms with Gasteiger partial charge >= 0.3 is 0 Å². The van der Waals surface area contributed by atoms with Gasteiger partial charge in [0.1, 0.15) is 5.82 Å². The number of hydrogen-bond donors (Lipinski definition) is 0. The molecule has 1 aromatic rings. The lowest BCUT2D eigenvalue weighted by Gasteiger charge is -2.27. The van der Waals surface area contributed by atoms with Gasteiger partial charge in [0, 0.05) is 19.4 Å². The van der Waals surface area contributed by atoms with E-state index in [0.29, 0.717) is 25.9 Å². The number of rotatable bonds is 6. The van der Waals surface area contributed by atoms with Gasteiger partial charge in [0.2, 0.25) is 5.91 Å². The van der Waals surface area contributed by atoms with Gasteiger partial charge in [-0.1, -0.05) is 44.1 Å². The van der Waals surface area contributed by atoms with E-state index in [1.54, 1.807) is 23.1 Å². The first-order valence-corrected chi connectivity index (χ1v) is 8.16. The lowest BCUT2D eigenvalue weighted by molar-refractivity contribution is -0.134. The maximum atomic E-state index is 13.0. The summed E-state index contributed by atoms with van der Waals surface area (Å²) < 4.78 is 13.0. The molecule has 0 saturated heterocycles. The summed E-state index contributed by atoms with van der Waals surface area (Å²) >= 11 is 0. The number of halogens is 1. The van der Waals surface area contributed by atoms with Gasteiger partial charge in [-0.2, -0.15) is 0 Å². The summed E-state index contributed by atoms with van der Waals surface area (Å²) in [5.74, 6) is -0.194. The van der Waals surface area contributed by atoms with Crippen molar-refractivity contribution < 1.29 is 14.0 Å². The fourth-order valence-corrected chi connectivity index (χ4v) is 2.58. The van der Waals surface area contributed by atoms with Crippen LogP contribution in [0.3, 0.4) is 0 Å². The highest BCUT2D eigenvalue weighted by atomic mass is 19.1. The van der Waals surface area contributed by atoms with Crippen molar-refractivity contribution in [2.24, 2.45) is 10.6 Å². The normalized spacial score (nSPS) is 17.2. The second kappa shape index (κ2) is 7.60. The third kappa shape index (κ3) is 5.18. The van der Waals surface area contributed by atoms with Crippen molar-refractivity contribution in [1.29, 1.82) is 0 Å². The van der Waals surface area contributed by atoms with Crippen LogP contribution in [0.5, 0.6) is 0 Å². The summed E-state index contributed by atoms with van der Waals surface area (Å²) in [6.45, 7) is 10.8. The maximum absolute atomic E-state index is 13.0. The molecule has 0 unspecified atom stereocenters. The molecule has 0 aromatic heterocycles. The van der Waals surface area contributed by atoms with E-state index in [1.165, 1.54) is 12.1 Å². The molecule has 0 aliphatic carbocycles. The smallest absolute Gasteiger partial charge is 0.223 e. The van der Waals surface area contributed by atoms with Gasteiger partial charge < -0.3 is 9.74 Å². The molecule has 0 radical (unpaired) electrons. The Morgan fingerprint density at radius 3 is 2.67 bits per heavy atom. The van der Waals surface area contributed by atoms with Crippen molar-refractivity contribution in [3.05, 3.63) is 48.3 Å². The summed E-state index contributed by atoms with van der Waals surface area (Å²) in [5, 5.41) is 4.09. The lowest BCUT2D eigenvalue weighted by atomic mass is 9.91. The van der Waals surface area contributed by atoms with Crippen LogP contribution in [0.2, 0.25) is 0 Å². The van der Waals surface area contributed by atoms with Crippen molar-refractivity contribution in [1.82, 2.24) is 4.90 Å². The Morgan fingerprint density at radius 1 is 1.42 bits per heavy atom. The van der Waals surface area contributed by atoms with Crippen LogP contribution in [0.15, 0.2) is 42.1 Å². The lowest BCUT2D eigenvalue weighted by Crippen LogP contribution is -2.39. The van der Waals surface area contributed by atoms with Gasteiger partial charge in [-0.25, -0.2) is 4.39 Å². The van der Waals surface area contributed by atoms with E-state index < -0.39 is 0 Å². The topological polar surface area (TPSA) is 41.9 Å². The third-order valence-electron chi connectivity index (χ3n) is 3.72. The molecule has 0 spiro atoms. The molecule has 2 rings (SSSR count). The van der Waals surface area contributed by atoms with E-state index in [9.17, 15) is 9.18 Å². The van der Waals surface area contributed by atoms with Crippen LogP contribution >= 0.6 is 0 Å². The molecule has 0 fully saturated rings. The summed E-state index contributed by atoms with van der Waals surface area (Å²) in [4.78, 5) is 19.7. The number of hydrogen-bond acceptors (Lipinski definition) is 3. The van der Waals surface area contributed by atoms with Crippen LogP contribution in [0.25, 0.3) is 0 Å². The highest BCUT2D eigenvalue weighted by Gasteiger charge is 2.28. The Bertz CT molecular complexity index is 617. The average molecular weight is 332 g/mol. The van der Waals surface area contributed by atoms with Gasteiger partial charge in [0.15, 0.2) is 6.10 Å². The monoisotopic (exact) mass is 332 g/mol. The predicted octanol–water partition coefficient (Wildman–Crippen LogP) is 3.77. The maximum Gasteiger partial charge on any atom is 0.223 e. The zero-order chi connectivity index (χ0) is 17.7. The van der Waals surface area contributed by atoms with E-state index >= 15 is 0 Å². The highest BCUT2D eigenvalue weighted by Crippen LogP contribution is 2.22. The summed E-state index contributed by atoms with van der Waals surface area (Å²) in [5.41, 5.74) is 1.56. The zero-order valence-corrected chi connectivity index (χ0v) is 14.6. The first-order valence-electron chi connectivity index (χ1n) is 8.16. The van der Waals surface area contributed by atoms with Gasteiger partial charge in [-0.15, -0.1) is 6.58 Å². The Kier molecular flexibility index (Phi) is 5.75. The molecule has 0 N–H and O–H groups in total. The summed E-state index contributed by atoms with van der Waals surface area (Å²) in [7, 11) is 0. The second-order valence-corrected chi connectivity index (χ2v) is 7.30. The van der Waals surface area contributed by atoms with Crippen molar-refractivity contribution in [2.75, 3.05) is 13.1 Å². The molecule has 1 heterocycles. The van der Waals surface area contributed by atoms with Crippen molar-refractivity contribution in [2.45, 2.75) is 39.7 Å². The molecular formula is C19H25FN2O2. The molecular weight excluding hydrogens is 307 g/mol. The predicted molar refractivity (Wildman–Crippen MR) is 93.3 cm³/mol. The van der Waals surface area contributed by atoms with Gasteiger partial charge in [-0.3, -0.25) is 4.79 Å². The van der Waals surface area contributed by atoms with E-state index in [4.69, 9.17) is 4.84 Å². The minimum atomic E-state index is -0.278. The molecule has 24 heavy (non-hydrogen) atoms. The molecule has 0 bridgehead atoms. The standard InChI is InChI=1S/C19H25FN2O2/c1-5-10-22(18(23)12-19(2,3)4)13-16-11-17(21-24-16)14-6-8-15(20)9-7-14/h5-9,16H,1,10-13H2,2-4H3/t16-/m1/s1. The molecule has 5 heteroatoms. The fourth-order valence-electron chi connectivity index (χ4n) is 2.58. The van der Waals surface area contributed by atoms with Gasteiger partial charge in [0.05, 0.1) is 12.3 Å². The summed E-state index contributed by atoms with van der Waals surface area (Å²) in [6.07, 6.45) is 2.60. The van der Waals surface area contributed by atoms with Crippen LogP contribution in [-0.2, 0) is 9.63 Å². The molecule has 1 amide bonds. The number of oxime groups is 1. The molecule has 130 valence electrons. The Morgan fingerprint density at radius 2 is 2.08 bits per heavy atom. The molecule has 1 atom stereocenters. The van der Waals surface area contributed by atoms with Gasteiger partial charge in [-0.05, 0) is 23.1 Å². The zero-order valence-electron chi connectivity index (χ0n) is 14.6. The summed E-state index contributed by atoms with van der Waals surface area (Å²) in [6, 6.07) is 6.18. The first kappa shape index (κ1) is 18.2.